The van der Waals surface area contributed by atoms with Crippen LogP contribution in [0.4, 0.5) is 5.69 Å². The molecule has 1 atom stereocenters. The van der Waals surface area contributed by atoms with E-state index in [1.165, 1.54) is 11.3 Å². The molecule has 2 N–H and O–H groups in total. The molecule has 0 bridgehead atoms. The molecule has 0 spiro atoms. The van der Waals surface area contributed by atoms with Crippen molar-refractivity contribution in [2.75, 3.05) is 18.5 Å². The van der Waals surface area contributed by atoms with Gasteiger partial charge in [0.25, 0.3) is 11.8 Å². The maximum absolute atomic E-state index is 12.6. The van der Waals surface area contributed by atoms with E-state index in [2.05, 4.69) is 10.6 Å². The van der Waals surface area contributed by atoms with Crippen LogP contribution in [0.15, 0.2) is 48.5 Å². The number of halogens is 1. The van der Waals surface area contributed by atoms with Crippen molar-refractivity contribution in [3.05, 3.63) is 64.0 Å². The van der Waals surface area contributed by atoms with E-state index >= 15 is 0 Å². The van der Waals surface area contributed by atoms with Crippen LogP contribution < -0.4 is 10.6 Å². The molecule has 2 amide bonds. The summed E-state index contributed by atoms with van der Waals surface area (Å²) >= 11 is 7.72. The molecule has 0 saturated carbocycles. The first-order valence-corrected chi connectivity index (χ1v) is 10.3. The molecule has 1 unspecified atom stereocenters. The number of anilines is 1. The Hall–Kier alpha value is -2.41. The second-order valence-electron chi connectivity index (χ2n) is 6.62. The highest BCUT2D eigenvalue weighted by Crippen LogP contribution is 2.35. The van der Waals surface area contributed by atoms with E-state index in [4.69, 9.17) is 16.3 Å². The van der Waals surface area contributed by atoms with Gasteiger partial charge >= 0.3 is 0 Å². The van der Waals surface area contributed by atoms with Crippen LogP contribution in [0.2, 0.25) is 5.02 Å². The first-order valence-electron chi connectivity index (χ1n) is 9.10. The minimum atomic E-state index is -0.262. The molecule has 1 aliphatic heterocycles. The maximum Gasteiger partial charge on any atom is 0.267 e. The summed E-state index contributed by atoms with van der Waals surface area (Å²) < 4.78 is 6.47. The van der Waals surface area contributed by atoms with Crippen molar-refractivity contribution in [2.45, 2.75) is 18.9 Å². The zero-order valence-electron chi connectivity index (χ0n) is 15.0. The van der Waals surface area contributed by atoms with E-state index in [0.717, 1.165) is 29.5 Å². The van der Waals surface area contributed by atoms with Gasteiger partial charge < -0.3 is 15.4 Å². The molecule has 144 valence electrons. The molecule has 0 aliphatic carbocycles. The lowest BCUT2D eigenvalue weighted by Crippen LogP contribution is -2.31. The van der Waals surface area contributed by atoms with Crippen molar-refractivity contribution in [2.24, 2.45) is 0 Å². The number of fused-ring (bicyclic) bond motifs is 1. The van der Waals surface area contributed by atoms with Crippen molar-refractivity contribution < 1.29 is 14.3 Å². The molecular weight excluding hydrogens is 396 g/mol. The fraction of sp³-hybridized carbons (Fsp3) is 0.238. The SMILES string of the molecule is O=C(NCC1CCCO1)c1ccc(NC(=O)c2sc3ccccc3c2Cl)cc1. The highest BCUT2D eigenvalue weighted by Gasteiger charge is 2.18. The molecule has 1 aliphatic rings. The number of ether oxygens (including phenoxy) is 1. The van der Waals surface area contributed by atoms with Gasteiger partial charge in [-0.3, -0.25) is 9.59 Å². The van der Waals surface area contributed by atoms with Crippen molar-refractivity contribution in [3.63, 3.8) is 0 Å². The number of thiophene rings is 1. The Morgan fingerprint density at radius 3 is 2.61 bits per heavy atom. The monoisotopic (exact) mass is 414 g/mol. The molecule has 1 aromatic heterocycles. The summed E-state index contributed by atoms with van der Waals surface area (Å²) in [5.41, 5.74) is 1.14. The fourth-order valence-electron chi connectivity index (χ4n) is 3.17. The summed E-state index contributed by atoms with van der Waals surface area (Å²) in [4.78, 5) is 25.3. The van der Waals surface area contributed by atoms with Crippen molar-refractivity contribution in [3.8, 4) is 0 Å². The second kappa shape index (κ2) is 8.31. The Morgan fingerprint density at radius 2 is 1.89 bits per heavy atom. The van der Waals surface area contributed by atoms with Gasteiger partial charge in [0, 0.05) is 34.5 Å². The van der Waals surface area contributed by atoms with Crippen molar-refractivity contribution in [1.29, 1.82) is 0 Å². The van der Waals surface area contributed by atoms with E-state index in [1.807, 2.05) is 24.3 Å². The largest absolute Gasteiger partial charge is 0.376 e. The van der Waals surface area contributed by atoms with Crippen LogP contribution in [0.1, 0.15) is 32.9 Å². The van der Waals surface area contributed by atoms with E-state index < -0.39 is 0 Å². The molecule has 3 aromatic rings. The minimum Gasteiger partial charge on any atom is -0.376 e. The smallest absolute Gasteiger partial charge is 0.267 e. The molecule has 1 saturated heterocycles. The summed E-state index contributed by atoms with van der Waals surface area (Å²) in [5.74, 6) is -0.414. The summed E-state index contributed by atoms with van der Waals surface area (Å²) in [6.45, 7) is 1.28. The predicted octanol–water partition coefficient (Wildman–Crippen LogP) is 4.72. The Bertz CT molecular complexity index is 1010. The maximum atomic E-state index is 12.6. The van der Waals surface area contributed by atoms with Gasteiger partial charge in [0.05, 0.1) is 11.1 Å². The molecule has 7 heteroatoms. The Balaban J connectivity index is 1.40. The molecule has 2 aromatic carbocycles. The Kier molecular flexibility index (Phi) is 5.62. The predicted molar refractivity (Wildman–Crippen MR) is 113 cm³/mol. The van der Waals surface area contributed by atoms with Gasteiger partial charge in [-0.25, -0.2) is 0 Å². The highest BCUT2D eigenvalue weighted by atomic mass is 35.5. The van der Waals surface area contributed by atoms with Gasteiger partial charge in [0.1, 0.15) is 4.88 Å². The van der Waals surface area contributed by atoms with Crippen LogP contribution >= 0.6 is 22.9 Å². The molecular formula is C21H19ClN2O3S. The summed E-state index contributed by atoms with van der Waals surface area (Å²) in [6, 6.07) is 14.4. The van der Waals surface area contributed by atoms with Crippen LogP contribution in [0.5, 0.6) is 0 Å². The van der Waals surface area contributed by atoms with Crippen LogP contribution in [0.3, 0.4) is 0 Å². The van der Waals surface area contributed by atoms with Crippen molar-refractivity contribution >= 4 is 50.5 Å². The quantitative estimate of drug-likeness (QED) is 0.635. The van der Waals surface area contributed by atoms with Crippen molar-refractivity contribution in [1.82, 2.24) is 5.32 Å². The number of carbonyl (C=O) groups excluding carboxylic acids is 2. The number of hydrogen-bond acceptors (Lipinski definition) is 4. The van der Waals surface area contributed by atoms with Gasteiger partial charge in [-0.15, -0.1) is 11.3 Å². The van der Waals surface area contributed by atoms with Gasteiger partial charge in [-0.05, 0) is 43.2 Å². The standard InChI is InChI=1S/C21H19ClN2O3S/c22-18-16-5-1-2-6-17(16)28-19(18)21(26)24-14-9-7-13(8-10-14)20(25)23-12-15-4-3-11-27-15/h1-2,5-10,15H,3-4,11-12H2,(H,23,25)(H,24,26). The lowest BCUT2D eigenvalue weighted by atomic mass is 10.2. The molecule has 28 heavy (non-hydrogen) atoms. The number of amides is 2. The van der Waals surface area contributed by atoms with Crippen LogP contribution in [0.25, 0.3) is 10.1 Å². The molecule has 5 nitrogen and oxygen atoms in total. The minimum absolute atomic E-state index is 0.105. The number of rotatable bonds is 5. The van der Waals surface area contributed by atoms with E-state index in [0.29, 0.717) is 27.7 Å². The van der Waals surface area contributed by atoms with Gasteiger partial charge in [-0.1, -0.05) is 29.8 Å². The molecule has 0 radical (unpaired) electrons. The third kappa shape index (κ3) is 4.04. The summed E-state index contributed by atoms with van der Waals surface area (Å²) in [7, 11) is 0. The molecule has 2 heterocycles. The van der Waals surface area contributed by atoms with E-state index in [1.54, 1.807) is 24.3 Å². The van der Waals surface area contributed by atoms with Gasteiger partial charge in [0.15, 0.2) is 0 Å². The van der Waals surface area contributed by atoms with Gasteiger partial charge in [-0.2, -0.15) is 0 Å². The Morgan fingerprint density at radius 1 is 1.11 bits per heavy atom. The Labute approximate surface area is 171 Å². The lowest BCUT2D eigenvalue weighted by Gasteiger charge is -2.11. The average molecular weight is 415 g/mol. The topological polar surface area (TPSA) is 67.4 Å². The van der Waals surface area contributed by atoms with Crippen LogP contribution in [0, 0.1) is 0 Å². The normalized spacial score (nSPS) is 16.2. The van der Waals surface area contributed by atoms with E-state index in [-0.39, 0.29) is 17.9 Å². The number of hydrogen-bond donors (Lipinski definition) is 2. The van der Waals surface area contributed by atoms with E-state index in [9.17, 15) is 9.59 Å². The number of carbonyl (C=O) groups is 2. The van der Waals surface area contributed by atoms with Gasteiger partial charge in [0.2, 0.25) is 0 Å². The van der Waals surface area contributed by atoms with Crippen LogP contribution in [-0.4, -0.2) is 31.1 Å². The highest BCUT2D eigenvalue weighted by molar-refractivity contribution is 7.21. The number of nitrogens with one attached hydrogen (secondary N) is 2. The molecule has 4 rings (SSSR count). The zero-order valence-corrected chi connectivity index (χ0v) is 16.6. The summed E-state index contributed by atoms with van der Waals surface area (Å²) in [6.07, 6.45) is 2.12. The zero-order chi connectivity index (χ0) is 19.5. The fourth-order valence-corrected chi connectivity index (χ4v) is 4.58. The molecule has 1 fully saturated rings. The average Bonchev–Trinajstić information content (AvgIpc) is 3.35. The third-order valence-electron chi connectivity index (χ3n) is 4.66. The number of benzene rings is 2. The second-order valence-corrected chi connectivity index (χ2v) is 8.05. The first kappa shape index (κ1) is 18.9. The first-order chi connectivity index (χ1) is 13.6. The third-order valence-corrected chi connectivity index (χ3v) is 6.33. The lowest BCUT2D eigenvalue weighted by molar-refractivity contribution is 0.0857. The summed E-state index contributed by atoms with van der Waals surface area (Å²) in [5, 5.41) is 7.05. The van der Waals surface area contributed by atoms with Crippen LogP contribution in [-0.2, 0) is 4.74 Å².